The minimum absolute atomic E-state index is 0.0785. The number of urea groups is 1. The minimum atomic E-state index is -0.849. The van der Waals surface area contributed by atoms with E-state index >= 15 is 0 Å². The van der Waals surface area contributed by atoms with Gasteiger partial charge in [0.05, 0.1) is 12.8 Å². The Kier molecular flexibility index (Phi) is 5.49. The van der Waals surface area contributed by atoms with Gasteiger partial charge in [-0.25, -0.2) is 14.1 Å². The molecule has 0 aliphatic carbocycles. The van der Waals surface area contributed by atoms with Crippen molar-refractivity contribution >= 4 is 23.9 Å². The van der Waals surface area contributed by atoms with Crippen molar-refractivity contribution in [2.24, 2.45) is 0 Å². The molecule has 3 amide bonds. The molecule has 3 rings (SSSR count). The van der Waals surface area contributed by atoms with Crippen LogP contribution in [0.5, 0.6) is 5.75 Å². The molecular weight excluding hydrogens is 351 g/mol. The van der Waals surface area contributed by atoms with Gasteiger partial charge < -0.3 is 14.4 Å². The summed E-state index contributed by atoms with van der Waals surface area (Å²) >= 11 is 0. The lowest BCUT2D eigenvalue weighted by Gasteiger charge is -2.20. The number of nitrogens with zero attached hydrogens (tertiary/aromatic N) is 2. The Bertz CT molecular complexity index is 836. The summed E-state index contributed by atoms with van der Waals surface area (Å²) in [5.74, 6) is -0.209. The molecule has 1 heterocycles. The van der Waals surface area contributed by atoms with Gasteiger partial charge in [0.1, 0.15) is 23.9 Å². The minimum Gasteiger partial charge on any atom is -0.497 e. The molecule has 1 saturated heterocycles. The number of carbonyl (C=O) groups is 3. The molecule has 1 fully saturated rings. The highest BCUT2D eigenvalue weighted by Gasteiger charge is 2.45. The first-order valence-corrected chi connectivity index (χ1v) is 8.52. The maximum absolute atomic E-state index is 13.2. The highest BCUT2D eigenvalue weighted by atomic mass is 19.1. The average molecular weight is 370 g/mol. The number of halogens is 1. The van der Waals surface area contributed by atoms with E-state index in [1.165, 1.54) is 29.2 Å². The zero-order valence-corrected chi connectivity index (χ0v) is 14.8. The Balaban J connectivity index is 1.79. The van der Waals surface area contributed by atoms with Crippen LogP contribution in [-0.4, -0.2) is 42.8 Å². The molecule has 0 bridgehead atoms. The normalized spacial score (nSPS) is 16.7. The first-order valence-electron chi connectivity index (χ1n) is 8.52. The molecule has 1 aliphatic heterocycles. The standard InChI is InChI=1S/C20H19FN2O4/c1-27-17-8-2-14(3-9-17)10-12-22-18(11-13-24)19(25)23(20(22)26)16-6-4-15(21)5-7-16/h2-9,13,18H,10-12H2,1H3. The Morgan fingerprint density at radius 1 is 1.07 bits per heavy atom. The molecule has 0 saturated carbocycles. The maximum Gasteiger partial charge on any atom is 0.332 e. The van der Waals surface area contributed by atoms with Crippen molar-refractivity contribution in [3.63, 3.8) is 0 Å². The van der Waals surface area contributed by atoms with E-state index in [1.54, 1.807) is 7.11 Å². The third-order valence-corrected chi connectivity index (χ3v) is 4.52. The van der Waals surface area contributed by atoms with Gasteiger partial charge in [-0.05, 0) is 48.4 Å². The average Bonchev–Trinajstić information content (AvgIpc) is 2.91. The number of hydrogen-bond donors (Lipinski definition) is 0. The second-order valence-corrected chi connectivity index (χ2v) is 6.14. The van der Waals surface area contributed by atoms with Crippen molar-refractivity contribution in [2.45, 2.75) is 18.9 Å². The number of methoxy groups -OCH3 is 1. The van der Waals surface area contributed by atoms with Gasteiger partial charge in [-0.15, -0.1) is 0 Å². The fourth-order valence-corrected chi connectivity index (χ4v) is 3.08. The predicted octanol–water partition coefficient (Wildman–Crippen LogP) is 2.80. The molecule has 140 valence electrons. The van der Waals surface area contributed by atoms with Gasteiger partial charge in [-0.3, -0.25) is 4.79 Å². The number of imide groups is 1. The third-order valence-electron chi connectivity index (χ3n) is 4.52. The van der Waals surface area contributed by atoms with Gasteiger partial charge in [0.2, 0.25) is 0 Å². The van der Waals surface area contributed by atoms with Crippen molar-refractivity contribution in [2.75, 3.05) is 18.6 Å². The number of anilines is 1. The summed E-state index contributed by atoms with van der Waals surface area (Å²) in [4.78, 5) is 38.9. The maximum atomic E-state index is 13.2. The fraction of sp³-hybridized carbons (Fsp3) is 0.250. The Morgan fingerprint density at radius 2 is 1.74 bits per heavy atom. The Labute approximate surface area is 156 Å². The molecule has 7 heteroatoms. The first-order chi connectivity index (χ1) is 13.0. The van der Waals surface area contributed by atoms with E-state index in [-0.39, 0.29) is 18.7 Å². The number of ether oxygens (including phenoxy) is 1. The molecule has 1 unspecified atom stereocenters. The summed E-state index contributed by atoms with van der Waals surface area (Å²) in [6, 6.07) is 11.2. The molecule has 0 aromatic heterocycles. The van der Waals surface area contributed by atoms with E-state index in [1.807, 2.05) is 24.3 Å². The SMILES string of the molecule is COc1ccc(CCN2C(=O)N(c3ccc(F)cc3)C(=O)C2CC=O)cc1. The van der Waals surface area contributed by atoms with Gasteiger partial charge in [-0.2, -0.15) is 0 Å². The van der Waals surface area contributed by atoms with Crippen LogP contribution in [0, 0.1) is 5.82 Å². The summed E-state index contributed by atoms with van der Waals surface area (Å²) in [7, 11) is 1.58. The highest BCUT2D eigenvalue weighted by Crippen LogP contribution is 2.27. The van der Waals surface area contributed by atoms with E-state index in [0.29, 0.717) is 12.7 Å². The van der Waals surface area contributed by atoms with Crippen molar-refractivity contribution in [1.29, 1.82) is 0 Å². The van der Waals surface area contributed by atoms with Crippen LogP contribution in [0.2, 0.25) is 0 Å². The third kappa shape index (κ3) is 3.81. The molecule has 6 nitrogen and oxygen atoms in total. The van der Waals surface area contributed by atoms with Crippen LogP contribution in [0.4, 0.5) is 14.9 Å². The molecule has 2 aromatic carbocycles. The van der Waals surface area contributed by atoms with Gasteiger partial charge in [0.25, 0.3) is 5.91 Å². The molecule has 27 heavy (non-hydrogen) atoms. The predicted molar refractivity (Wildman–Crippen MR) is 97.2 cm³/mol. The fourth-order valence-electron chi connectivity index (χ4n) is 3.08. The van der Waals surface area contributed by atoms with Crippen molar-refractivity contribution < 1.29 is 23.5 Å². The van der Waals surface area contributed by atoms with E-state index in [4.69, 9.17) is 4.74 Å². The van der Waals surface area contributed by atoms with Crippen molar-refractivity contribution in [3.8, 4) is 5.75 Å². The summed E-state index contributed by atoms with van der Waals surface area (Å²) in [6.45, 7) is 0.285. The largest absolute Gasteiger partial charge is 0.497 e. The molecule has 0 spiro atoms. The van der Waals surface area contributed by atoms with Crippen LogP contribution in [0.15, 0.2) is 48.5 Å². The Morgan fingerprint density at radius 3 is 2.33 bits per heavy atom. The van der Waals surface area contributed by atoms with Crippen LogP contribution in [0.1, 0.15) is 12.0 Å². The van der Waals surface area contributed by atoms with Crippen LogP contribution >= 0.6 is 0 Å². The van der Waals surface area contributed by atoms with Crippen molar-refractivity contribution in [1.82, 2.24) is 4.90 Å². The van der Waals surface area contributed by atoms with Gasteiger partial charge in [-0.1, -0.05) is 12.1 Å². The van der Waals surface area contributed by atoms with Gasteiger partial charge in [0, 0.05) is 13.0 Å². The van der Waals surface area contributed by atoms with Gasteiger partial charge >= 0.3 is 6.03 Å². The molecular formula is C20H19FN2O4. The van der Waals surface area contributed by atoms with Crippen LogP contribution in [-0.2, 0) is 16.0 Å². The highest BCUT2D eigenvalue weighted by molar-refractivity contribution is 6.21. The smallest absolute Gasteiger partial charge is 0.332 e. The zero-order chi connectivity index (χ0) is 19.4. The quantitative estimate of drug-likeness (QED) is 0.555. The number of aldehydes is 1. The lowest BCUT2D eigenvalue weighted by molar-refractivity contribution is -0.122. The number of benzene rings is 2. The summed E-state index contributed by atoms with van der Waals surface area (Å²) in [5.41, 5.74) is 1.26. The second kappa shape index (κ2) is 7.99. The number of amides is 3. The van der Waals surface area contributed by atoms with E-state index in [9.17, 15) is 18.8 Å². The van der Waals surface area contributed by atoms with E-state index in [2.05, 4.69) is 0 Å². The molecule has 2 aromatic rings. The van der Waals surface area contributed by atoms with Gasteiger partial charge in [0.15, 0.2) is 0 Å². The summed E-state index contributed by atoms with van der Waals surface area (Å²) in [6.07, 6.45) is 1.07. The molecule has 1 atom stereocenters. The number of hydrogen-bond acceptors (Lipinski definition) is 4. The molecule has 1 aliphatic rings. The van der Waals surface area contributed by atoms with Crippen molar-refractivity contribution in [3.05, 3.63) is 59.9 Å². The second-order valence-electron chi connectivity index (χ2n) is 6.14. The van der Waals surface area contributed by atoms with Crippen LogP contribution < -0.4 is 9.64 Å². The first kappa shape index (κ1) is 18.6. The number of rotatable bonds is 7. The monoisotopic (exact) mass is 370 g/mol. The van der Waals surface area contributed by atoms with Crippen LogP contribution in [0.3, 0.4) is 0 Å². The van der Waals surface area contributed by atoms with E-state index < -0.39 is 23.8 Å². The zero-order valence-electron chi connectivity index (χ0n) is 14.8. The van der Waals surface area contributed by atoms with E-state index in [0.717, 1.165) is 16.2 Å². The summed E-state index contributed by atoms with van der Waals surface area (Å²) < 4.78 is 18.3. The molecule has 0 N–H and O–H groups in total. The molecule has 0 radical (unpaired) electrons. The topological polar surface area (TPSA) is 66.9 Å². The lowest BCUT2D eigenvalue weighted by atomic mass is 10.1. The summed E-state index contributed by atoms with van der Waals surface area (Å²) in [5, 5.41) is 0. The number of carbonyl (C=O) groups excluding carboxylic acids is 3. The lowest BCUT2D eigenvalue weighted by Crippen LogP contribution is -2.37. The Hall–Kier alpha value is -3.22. The van der Waals surface area contributed by atoms with Crippen LogP contribution in [0.25, 0.3) is 0 Å².